The molecule has 0 spiro atoms. The summed E-state index contributed by atoms with van der Waals surface area (Å²) in [4.78, 5) is 0. The Morgan fingerprint density at radius 2 is 1.43 bits per heavy atom. The zero-order valence-corrected chi connectivity index (χ0v) is 32.7. The summed E-state index contributed by atoms with van der Waals surface area (Å²) in [6.45, 7) is 13.6. The molecule has 0 aliphatic heterocycles. The summed E-state index contributed by atoms with van der Waals surface area (Å²) in [6, 6.07) is 38.2. The summed E-state index contributed by atoms with van der Waals surface area (Å²) in [6.07, 6.45) is 11.0. The molecule has 0 atom stereocenters. The molecule has 0 nitrogen and oxygen atoms in total. The fourth-order valence-electron chi connectivity index (χ4n) is 5.58. The molecule has 4 heteroatoms. The third-order valence-electron chi connectivity index (χ3n) is 8.24. The van der Waals surface area contributed by atoms with Gasteiger partial charge in [-0.25, -0.2) is 12.2 Å². The van der Waals surface area contributed by atoms with Crippen molar-refractivity contribution in [1.82, 2.24) is 0 Å². The topological polar surface area (TPSA) is 0 Å². The second-order valence-corrected chi connectivity index (χ2v) is 15.4. The minimum atomic E-state index is 0. The fraction of sp³-hybridized carbons (Fsp3) is 0.233. The Hall–Kier alpha value is -2.54. The molecular weight excluding hydrogens is 714 g/mol. The first-order valence-corrected chi connectivity index (χ1v) is 17.3. The van der Waals surface area contributed by atoms with Gasteiger partial charge in [-0.15, -0.1) is 17.5 Å². The van der Waals surface area contributed by atoms with E-state index in [1.165, 1.54) is 82.7 Å². The van der Waals surface area contributed by atoms with E-state index in [1.54, 1.807) is 0 Å². The van der Waals surface area contributed by atoms with Crippen molar-refractivity contribution in [2.45, 2.75) is 65.2 Å². The first-order valence-electron chi connectivity index (χ1n) is 15.7. The number of hydrogen-bond acceptors (Lipinski definition) is 0. The average Bonchev–Trinajstić information content (AvgIpc) is 3.72. The Kier molecular flexibility index (Phi) is 13.8. The van der Waals surface area contributed by atoms with Crippen LogP contribution in [0.2, 0.25) is 5.02 Å². The minimum Gasteiger partial charge on any atom is -1.00 e. The quantitative estimate of drug-likeness (QED) is 0.203. The summed E-state index contributed by atoms with van der Waals surface area (Å²) in [7, 11) is 0. The van der Waals surface area contributed by atoms with Gasteiger partial charge in [0.1, 0.15) is 0 Å². The monoisotopic (exact) mass is 752 g/mol. The number of allylic oxidation sites excluding steroid dienone is 4. The largest absolute Gasteiger partial charge is 1.00 e. The van der Waals surface area contributed by atoms with Crippen LogP contribution >= 0.6 is 11.6 Å². The van der Waals surface area contributed by atoms with Crippen LogP contribution in [0.25, 0.3) is 21.9 Å². The summed E-state index contributed by atoms with van der Waals surface area (Å²) in [5.41, 5.74) is 11.3. The van der Waals surface area contributed by atoms with Crippen molar-refractivity contribution in [3.05, 3.63) is 166 Å². The molecule has 0 saturated heterocycles. The van der Waals surface area contributed by atoms with E-state index in [2.05, 4.69) is 145 Å². The van der Waals surface area contributed by atoms with E-state index in [4.69, 9.17) is 11.6 Å². The van der Waals surface area contributed by atoms with Crippen LogP contribution in [-0.2, 0) is 41.5 Å². The molecular formula is C43H41Cl3Zr-2. The van der Waals surface area contributed by atoms with E-state index in [0.29, 0.717) is 0 Å². The molecule has 5 aromatic carbocycles. The van der Waals surface area contributed by atoms with Gasteiger partial charge in [-0.2, -0.15) is 29.8 Å². The van der Waals surface area contributed by atoms with E-state index in [-0.39, 0.29) is 35.6 Å². The van der Waals surface area contributed by atoms with Crippen LogP contribution in [0.15, 0.2) is 115 Å². The second-order valence-electron chi connectivity index (χ2n) is 13.7. The molecule has 0 bridgehead atoms. The van der Waals surface area contributed by atoms with Crippen molar-refractivity contribution in [2.24, 2.45) is 0 Å². The zero-order chi connectivity index (χ0) is 32.2. The van der Waals surface area contributed by atoms with Gasteiger partial charge in [0.15, 0.2) is 0 Å². The predicted molar refractivity (Wildman–Crippen MR) is 191 cm³/mol. The molecule has 0 radical (unpaired) electrons. The fourth-order valence-corrected chi connectivity index (χ4v) is 6.65. The molecule has 0 unspecified atom stereocenters. The normalized spacial score (nSPS) is 12.4. The Morgan fingerprint density at radius 3 is 2.04 bits per heavy atom. The zero-order valence-electron chi connectivity index (χ0n) is 28.0. The smallest absolute Gasteiger partial charge is 0.109 e. The van der Waals surface area contributed by atoms with Crippen molar-refractivity contribution in [3.8, 4) is 11.1 Å². The van der Waals surface area contributed by atoms with Crippen molar-refractivity contribution < 1.29 is 49.0 Å². The molecule has 2 aliphatic carbocycles. The van der Waals surface area contributed by atoms with Crippen LogP contribution in [0.4, 0.5) is 0 Å². The van der Waals surface area contributed by atoms with Crippen LogP contribution in [0, 0.1) is 12.1 Å². The Morgan fingerprint density at radius 1 is 0.745 bits per heavy atom. The summed E-state index contributed by atoms with van der Waals surface area (Å²) < 4.78 is 1.36. The maximum atomic E-state index is 5.96. The van der Waals surface area contributed by atoms with Gasteiger partial charge in [-0.3, -0.25) is 6.08 Å². The van der Waals surface area contributed by atoms with Crippen LogP contribution in [0.5, 0.6) is 0 Å². The predicted octanol–water partition coefficient (Wildman–Crippen LogP) is 5.58. The van der Waals surface area contributed by atoms with Gasteiger partial charge in [0.25, 0.3) is 0 Å². The van der Waals surface area contributed by atoms with Crippen LogP contribution in [0.3, 0.4) is 0 Å². The summed E-state index contributed by atoms with van der Waals surface area (Å²) >= 11 is 7.37. The maximum Gasteiger partial charge on any atom is -0.109 e. The van der Waals surface area contributed by atoms with Crippen molar-refractivity contribution in [2.75, 3.05) is 0 Å². The van der Waals surface area contributed by atoms with E-state index in [9.17, 15) is 0 Å². The Balaban J connectivity index is 0.000000215. The first kappa shape index (κ1) is 38.9. The van der Waals surface area contributed by atoms with Crippen LogP contribution in [0.1, 0.15) is 81.3 Å². The third-order valence-corrected chi connectivity index (χ3v) is 9.87. The molecule has 7 rings (SSSR count). The molecule has 0 amide bonds. The SMILES string of the molecule is CC(C)(C)c1[c-]c2c(cc1)-c1ccc(C(C)(C)C)cc1C2.Clc1ccc([C](=[Zr+2])c2cccc3ccccc23)cc1.[C-]1=CC=CC1.[Cl-].[Cl-]. The minimum absolute atomic E-state index is 0. The summed E-state index contributed by atoms with van der Waals surface area (Å²) in [5.74, 6) is 0. The summed E-state index contributed by atoms with van der Waals surface area (Å²) in [5, 5.41) is 3.38. The van der Waals surface area contributed by atoms with Gasteiger partial charge in [-0.05, 0) is 28.4 Å². The van der Waals surface area contributed by atoms with Crippen molar-refractivity contribution in [1.29, 1.82) is 0 Å². The van der Waals surface area contributed by atoms with Gasteiger partial charge in [0, 0.05) is 0 Å². The molecule has 0 aromatic heterocycles. The molecule has 5 aromatic rings. The molecule has 0 N–H and O–H groups in total. The van der Waals surface area contributed by atoms with E-state index < -0.39 is 0 Å². The number of halogens is 3. The van der Waals surface area contributed by atoms with Crippen molar-refractivity contribution >= 4 is 25.6 Å². The number of hydrogen-bond donors (Lipinski definition) is 0. The van der Waals surface area contributed by atoms with Gasteiger partial charge in [0.05, 0.1) is 0 Å². The molecule has 0 saturated carbocycles. The van der Waals surface area contributed by atoms with Crippen molar-refractivity contribution in [3.63, 3.8) is 0 Å². The van der Waals surface area contributed by atoms with Crippen LogP contribution < -0.4 is 24.8 Å². The van der Waals surface area contributed by atoms with E-state index >= 15 is 0 Å². The van der Waals surface area contributed by atoms with E-state index in [1.807, 2.05) is 24.3 Å². The third kappa shape index (κ3) is 9.77. The van der Waals surface area contributed by atoms with Gasteiger partial charge in [-0.1, -0.05) is 65.3 Å². The number of rotatable bonds is 2. The van der Waals surface area contributed by atoms with Gasteiger partial charge >= 0.3 is 133 Å². The molecule has 0 heterocycles. The Labute approximate surface area is 314 Å². The number of fused-ring (bicyclic) bond motifs is 4. The average molecular weight is 755 g/mol. The second kappa shape index (κ2) is 16.7. The first-order chi connectivity index (χ1) is 21.4. The van der Waals surface area contributed by atoms with Gasteiger partial charge < -0.3 is 24.8 Å². The number of benzene rings is 5. The molecule has 0 fully saturated rings. The van der Waals surface area contributed by atoms with E-state index in [0.717, 1.165) is 17.9 Å². The molecule has 2 aliphatic rings. The molecule has 240 valence electrons. The van der Waals surface area contributed by atoms with Crippen LogP contribution in [-0.4, -0.2) is 3.21 Å². The Bertz CT molecular complexity index is 1810. The standard InChI is InChI=1S/C21H25.C17H11Cl.C5H5.2ClH.Zr/c1-20(2,3)16-7-9-18-14(12-16)11-15-13-17(21(4,5)6)8-10-19(15)18;18-16-10-8-13(9-11-16)12-15-6-3-5-14-4-1-2-7-17(14)15;1-2-4-5-3-1;;;/h7-10,12H,11H2,1-6H3;1-11H;1-3H,4H2;2*1H;/q-1;;-1;;;+2/p-2. The maximum absolute atomic E-state index is 5.96. The molecule has 47 heavy (non-hydrogen) atoms. The van der Waals surface area contributed by atoms with Gasteiger partial charge in [0.2, 0.25) is 0 Å².